The molecule has 0 saturated heterocycles. The minimum absolute atomic E-state index is 0.505. The van der Waals surface area contributed by atoms with Gasteiger partial charge in [0.25, 0.3) is 0 Å². The van der Waals surface area contributed by atoms with E-state index in [1.165, 1.54) is 11.3 Å². The van der Waals surface area contributed by atoms with E-state index in [1.807, 2.05) is 5.38 Å². The average Bonchev–Trinajstić information content (AvgIpc) is 2.75. The number of ether oxygens (including phenoxy) is 2. The minimum Gasteiger partial charge on any atom is -0.493 e. The van der Waals surface area contributed by atoms with Crippen molar-refractivity contribution in [1.29, 1.82) is 0 Å². The zero-order chi connectivity index (χ0) is 12.4. The SMILES string of the molecule is COc1cc(Cl)c(-c2csc(N)n2)cc1OC. The summed E-state index contributed by atoms with van der Waals surface area (Å²) >= 11 is 7.54. The molecule has 0 saturated carbocycles. The molecule has 0 fully saturated rings. The monoisotopic (exact) mass is 270 g/mol. The third kappa shape index (κ3) is 2.30. The van der Waals surface area contributed by atoms with E-state index in [-0.39, 0.29) is 0 Å². The summed E-state index contributed by atoms with van der Waals surface area (Å²) in [4.78, 5) is 4.19. The molecule has 6 heteroatoms. The minimum atomic E-state index is 0.505. The third-order valence-electron chi connectivity index (χ3n) is 2.27. The number of aromatic nitrogens is 1. The van der Waals surface area contributed by atoms with Crippen molar-refractivity contribution >= 4 is 28.1 Å². The van der Waals surface area contributed by atoms with Crippen LogP contribution in [0.15, 0.2) is 17.5 Å². The zero-order valence-corrected chi connectivity index (χ0v) is 10.9. The Morgan fingerprint density at radius 1 is 1.24 bits per heavy atom. The van der Waals surface area contributed by atoms with Gasteiger partial charge in [-0.1, -0.05) is 11.6 Å². The van der Waals surface area contributed by atoms with Gasteiger partial charge in [-0.15, -0.1) is 11.3 Å². The van der Waals surface area contributed by atoms with E-state index in [9.17, 15) is 0 Å². The van der Waals surface area contributed by atoms with Gasteiger partial charge in [0.05, 0.1) is 24.9 Å². The lowest BCUT2D eigenvalue weighted by atomic mass is 10.1. The second-order valence-corrected chi connectivity index (χ2v) is 4.55. The van der Waals surface area contributed by atoms with Crippen LogP contribution < -0.4 is 15.2 Å². The highest BCUT2D eigenvalue weighted by atomic mass is 35.5. The fourth-order valence-electron chi connectivity index (χ4n) is 1.46. The van der Waals surface area contributed by atoms with E-state index in [1.54, 1.807) is 26.4 Å². The molecule has 1 aromatic carbocycles. The molecule has 0 spiro atoms. The lowest BCUT2D eigenvalue weighted by molar-refractivity contribution is 0.355. The average molecular weight is 271 g/mol. The number of anilines is 1. The molecule has 17 heavy (non-hydrogen) atoms. The van der Waals surface area contributed by atoms with Crippen molar-refractivity contribution in [3.8, 4) is 22.8 Å². The first kappa shape index (κ1) is 12.0. The molecule has 0 radical (unpaired) electrons. The molecule has 90 valence electrons. The number of rotatable bonds is 3. The molecule has 0 aliphatic rings. The van der Waals surface area contributed by atoms with E-state index >= 15 is 0 Å². The van der Waals surface area contributed by atoms with Gasteiger partial charge in [-0.2, -0.15) is 0 Å². The molecule has 0 unspecified atom stereocenters. The van der Waals surface area contributed by atoms with Gasteiger partial charge in [-0.05, 0) is 6.07 Å². The maximum absolute atomic E-state index is 6.17. The highest BCUT2D eigenvalue weighted by molar-refractivity contribution is 7.13. The normalized spacial score (nSPS) is 10.3. The molecule has 2 rings (SSSR count). The Morgan fingerprint density at radius 3 is 2.41 bits per heavy atom. The Hall–Kier alpha value is -1.46. The Bertz CT molecular complexity index is 542. The van der Waals surface area contributed by atoms with Crippen LogP contribution >= 0.6 is 22.9 Å². The Kier molecular flexibility index (Phi) is 3.40. The Labute approximate surface area is 108 Å². The topological polar surface area (TPSA) is 57.4 Å². The van der Waals surface area contributed by atoms with E-state index in [0.717, 1.165) is 11.3 Å². The predicted octanol–water partition coefficient (Wildman–Crippen LogP) is 3.06. The fourth-order valence-corrected chi connectivity index (χ4v) is 2.28. The van der Waals surface area contributed by atoms with Gasteiger partial charge in [0.15, 0.2) is 16.6 Å². The highest BCUT2D eigenvalue weighted by Crippen LogP contribution is 2.38. The van der Waals surface area contributed by atoms with Crippen molar-refractivity contribution in [2.45, 2.75) is 0 Å². The number of nitrogens with two attached hydrogens (primary N) is 1. The smallest absolute Gasteiger partial charge is 0.180 e. The zero-order valence-electron chi connectivity index (χ0n) is 9.36. The fraction of sp³-hybridized carbons (Fsp3) is 0.182. The van der Waals surface area contributed by atoms with Gasteiger partial charge in [0, 0.05) is 17.0 Å². The van der Waals surface area contributed by atoms with Crippen molar-refractivity contribution in [2.24, 2.45) is 0 Å². The maximum Gasteiger partial charge on any atom is 0.180 e. The molecule has 2 aromatic rings. The van der Waals surface area contributed by atoms with E-state index in [2.05, 4.69) is 4.98 Å². The molecule has 0 bridgehead atoms. The van der Waals surface area contributed by atoms with Crippen molar-refractivity contribution in [2.75, 3.05) is 20.0 Å². The van der Waals surface area contributed by atoms with Gasteiger partial charge in [-0.25, -0.2) is 4.98 Å². The van der Waals surface area contributed by atoms with Crippen molar-refractivity contribution < 1.29 is 9.47 Å². The molecular formula is C11H11ClN2O2S. The quantitative estimate of drug-likeness (QED) is 0.931. The van der Waals surface area contributed by atoms with Crippen LogP contribution in [0.3, 0.4) is 0 Å². The van der Waals surface area contributed by atoms with E-state index in [0.29, 0.717) is 21.7 Å². The van der Waals surface area contributed by atoms with Crippen LogP contribution in [-0.2, 0) is 0 Å². The molecule has 1 aromatic heterocycles. The summed E-state index contributed by atoms with van der Waals surface area (Å²) in [5.41, 5.74) is 7.11. The summed E-state index contributed by atoms with van der Waals surface area (Å²) in [6.45, 7) is 0. The predicted molar refractivity (Wildman–Crippen MR) is 70.1 cm³/mol. The molecule has 0 aliphatic carbocycles. The second kappa shape index (κ2) is 4.81. The molecular weight excluding hydrogens is 260 g/mol. The van der Waals surface area contributed by atoms with Gasteiger partial charge < -0.3 is 15.2 Å². The summed E-state index contributed by atoms with van der Waals surface area (Å²) in [6.07, 6.45) is 0. The summed E-state index contributed by atoms with van der Waals surface area (Å²) in [5, 5.41) is 2.90. The third-order valence-corrected chi connectivity index (χ3v) is 3.26. The van der Waals surface area contributed by atoms with Gasteiger partial charge in [-0.3, -0.25) is 0 Å². The first-order valence-electron chi connectivity index (χ1n) is 4.78. The molecule has 2 N–H and O–H groups in total. The van der Waals surface area contributed by atoms with Crippen LogP contribution in [0.4, 0.5) is 5.13 Å². The molecule has 1 heterocycles. The molecule has 0 atom stereocenters. The van der Waals surface area contributed by atoms with Crippen LogP contribution in [0.25, 0.3) is 11.3 Å². The van der Waals surface area contributed by atoms with E-state index < -0.39 is 0 Å². The number of hydrogen-bond donors (Lipinski definition) is 1. The van der Waals surface area contributed by atoms with Crippen LogP contribution in [0.1, 0.15) is 0 Å². The lowest BCUT2D eigenvalue weighted by Crippen LogP contribution is -1.92. The van der Waals surface area contributed by atoms with Gasteiger partial charge in [0.1, 0.15) is 0 Å². The first-order chi connectivity index (χ1) is 8.15. The van der Waals surface area contributed by atoms with Gasteiger partial charge >= 0.3 is 0 Å². The summed E-state index contributed by atoms with van der Waals surface area (Å²) in [7, 11) is 3.14. The molecule has 4 nitrogen and oxygen atoms in total. The van der Waals surface area contributed by atoms with Crippen molar-refractivity contribution in [1.82, 2.24) is 4.98 Å². The standard InChI is InChI=1S/C11H11ClN2O2S/c1-15-9-3-6(7(12)4-10(9)16-2)8-5-17-11(13)14-8/h3-5H,1-2H3,(H2,13,14). The van der Waals surface area contributed by atoms with Crippen molar-refractivity contribution in [3.63, 3.8) is 0 Å². The first-order valence-corrected chi connectivity index (χ1v) is 6.04. The maximum atomic E-state index is 6.17. The number of benzene rings is 1. The van der Waals surface area contributed by atoms with Crippen LogP contribution in [0.5, 0.6) is 11.5 Å². The second-order valence-electron chi connectivity index (χ2n) is 3.26. The summed E-state index contributed by atoms with van der Waals surface area (Å²) < 4.78 is 10.4. The summed E-state index contributed by atoms with van der Waals surface area (Å²) in [6, 6.07) is 3.49. The number of thiazole rings is 1. The van der Waals surface area contributed by atoms with Gasteiger partial charge in [0.2, 0.25) is 0 Å². The number of nitrogen functional groups attached to an aromatic ring is 1. The van der Waals surface area contributed by atoms with E-state index in [4.69, 9.17) is 26.8 Å². The van der Waals surface area contributed by atoms with Crippen molar-refractivity contribution in [3.05, 3.63) is 22.5 Å². The number of hydrogen-bond acceptors (Lipinski definition) is 5. The number of methoxy groups -OCH3 is 2. The Morgan fingerprint density at radius 2 is 1.88 bits per heavy atom. The highest BCUT2D eigenvalue weighted by Gasteiger charge is 2.13. The largest absolute Gasteiger partial charge is 0.493 e. The molecule has 0 aliphatic heterocycles. The molecule has 0 amide bonds. The Balaban J connectivity index is 2.55. The number of halogens is 1. The summed E-state index contributed by atoms with van der Waals surface area (Å²) in [5.74, 6) is 1.20. The van der Waals surface area contributed by atoms with Crippen LogP contribution in [0.2, 0.25) is 5.02 Å². The van der Waals surface area contributed by atoms with Crippen LogP contribution in [-0.4, -0.2) is 19.2 Å². The lowest BCUT2D eigenvalue weighted by Gasteiger charge is -2.10. The van der Waals surface area contributed by atoms with Crippen LogP contribution in [0, 0.1) is 0 Å². The number of nitrogens with zero attached hydrogens (tertiary/aromatic N) is 1.